The van der Waals surface area contributed by atoms with E-state index in [1.54, 1.807) is 0 Å². The number of para-hydroxylation sites is 1. The number of pyridine rings is 2. The van der Waals surface area contributed by atoms with Gasteiger partial charge in [0.1, 0.15) is 12.6 Å². The number of aromatic nitrogens is 2. The summed E-state index contributed by atoms with van der Waals surface area (Å²) in [6.07, 6.45) is 2.35. The molecule has 3 heteroatoms. The summed E-state index contributed by atoms with van der Waals surface area (Å²) in [5, 5.41) is 2.04. The predicted octanol–water partition coefficient (Wildman–Crippen LogP) is 4.98. The average Bonchev–Trinajstić information content (AvgIpc) is 3.01. The van der Waals surface area contributed by atoms with Crippen molar-refractivity contribution >= 4 is 22.1 Å². The highest BCUT2D eigenvalue weighted by atomic mass is 16.3. The molecule has 0 atom stereocenters. The van der Waals surface area contributed by atoms with E-state index < -0.39 is 6.37 Å². The van der Waals surface area contributed by atoms with E-state index in [1.807, 2.05) is 75.1 Å². The fourth-order valence-electron chi connectivity index (χ4n) is 3.40. The third-order valence-electron chi connectivity index (χ3n) is 4.44. The summed E-state index contributed by atoms with van der Waals surface area (Å²) >= 11 is 0. The maximum Gasteiger partial charge on any atom is 0.228 e. The van der Waals surface area contributed by atoms with Gasteiger partial charge in [-0.05, 0) is 36.9 Å². The first-order valence-electron chi connectivity index (χ1n) is 9.58. The summed E-state index contributed by atoms with van der Waals surface area (Å²) in [5.74, 6) is -0.101. The molecule has 4 aromatic rings. The van der Waals surface area contributed by atoms with Crippen LogP contribution in [0.3, 0.4) is 0 Å². The maximum absolute atomic E-state index is 8.38. The Morgan fingerprint density at radius 1 is 1.20 bits per heavy atom. The molecule has 3 aromatic heterocycles. The van der Waals surface area contributed by atoms with Crippen molar-refractivity contribution in [3.05, 3.63) is 59.9 Å². The van der Waals surface area contributed by atoms with Gasteiger partial charge >= 0.3 is 0 Å². The smallest absolute Gasteiger partial charge is 0.228 e. The number of benzene rings is 1. The van der Waals surface area contributed by atoms with E-state index in [2.05, 4.69) is 11.1 Å². The lowest BCUT2D eigenvalue weighted by atomic mass is 9.99. The van der Waals surface area contributed by atoms with Gasteiger partial charge in [0, 0.05) is 26.0 Å². The van der Waals surface area contributed by atoms with Crippen molar-refractivity contribution in [3.8, 4) is 11.3 Å². The Labute approximate surface area is 150 Å². The second-order valence-electron chi connectivity index (χ2n) is 6.81. The summed E-state index contributed by atoms with van der Waals surface area (Å²) in [4.78, 5) is 4.48. The lowest BCUT2D eigenvalue weighted by molar-refractivity contribution is -0.660. The predicted molar refractivity (Wildman–Crippen MR) is 101 cm³/mol. The number of hydrogen-bond acceptors (Lipinski definition) is 2. The number of nitrogens with zero attached hydrogens (tertiary/aromatic N) is 2. The highest BCUT2D eigenvalue weighted by Gasteiger charge is 2.21. The molecule has 1 aromatic carbocycles. The lowest BCUT2D eigenvalue weighted by Gasteiger charge is -2.08. The molecule has 0 N–H and O–H groups in total. The Balaban J connectivity index is 1.99. The van der Waals surface area contributed by atoms with E-state index in [0.29, 0.717) is 11.3 Å². The molecule has 0 amide bonds. The molecule has 0 aliphatic heterocycles. The third-order valence-corrected chi connectivity index (χ3v) is 4.44. The molecule has 0 aliphatic carbocycles. The van der Waals surface area contributed by atoms with E-state index in [9.17, 15) is 0 Å². The molecule has 0 saturated carbocycles. The molecule has 0 unspecified atom stereocenters. The molecule has 0 fully saturated rings. The van der Waals surface area contributed by atoms with Gasteiger partial charge in [-0.15, -0.1) is 0 Å². The van der Waals surface area contributed by atoms with Crippen molar-refractivity contribution in [1.29, 1.82) is 0 Å². The second kappa shape index (κ2) is 5.99. The zero-order valence-corrected chi connectivity index (χ0v) is 15.0. The van der Waals surface area contributed by atoms with Crippen molar-refractivity contribution in [3.63, 3.8) is 0 Å². The summed E-state index contributed by atoms with van der Waals surface area (Å²) in [6.45, 7) is 5.86. The van der Waals surface area contributed by atoms with Gasteiger partial charge in [-0.1, -0.05) is 32.0 Å². The molecule has 3 nitrogen and oxygen atoms in total. The number of furan rings is 1. The van der Waals surface area contributed by atoms with Gasteiger partial charge in [0.2, 0.25) is 11.4 Å². The molecule has 0 radical (unpaired) electrons. The van der Waals surface area contributed by atoms with Crippen molar-refractivity contribution in [2.75, 3.05) is 0 Å². The van der Waals surface area contributed by atoms with Gasteiger partial charge in [-0.3, -0.25) is 0 Å². The van der Waals surface area contributed by atoms with Crippen LogP contribution in [-0.4, -0.2) is 4.98 Å². The van der Waals surface area contributed by atoms with Crippen molar-refractivity contribution in [2.24, 2.45) is 13.0 Å². The van der Waals surface area contributed by atoms with Crippen LogP contribution >= 0.6 is 0 Å². The fourth-order valence-corrected chi connectivity index (χ4v) is 3.40. The molecular weight excluding hydrogens is 308 g/mol. The van der Waals surface area contributed by atoms with Crippen molar-refractivity contribution in [2.45, 2.75) is 27.1 Å². The molecule has 4 rings (SSSR count). The average molecular weight is 333 g/mol. The minimum absolute atomic E-state index is 0.101. The monoisotopic (exact) mass is 333 g/mol. The molecule has 0 saturated heterocycles. The van der Waals surface area contributed by atoms with Crippen molar-refractivity contribution in [1.82, 2.24) is 4.98 Å². The Morgan fingerprint density at radius 2 is 2.00 bits per heavy atom. The topological polar surface area (TPSA) is 29.9 Å². The highest BCUT2D eigenvalue weighted by molar-refractivity contribution is 6.11. The van der Waals surface area contributed by atoms with E-state index in [0.717, 1.165) is 33.2 Å². The quantitative estimate of drug-likeness (QED) is 0.495. The fraction of sp³-hybridized carbons (Fsp3) is 0.273. The van der Waals surface area contributed by atoms with E-state index in [1.165, 1.54) is 0 Å². The van der Waals surface area contributed by atoms with Crippen LogP contribution in [0.1, 0.15) is 27.7 Å². The largest absolute Gasteiger partial charge is 0.438 e. The van der Waals surface area contributed by atoms with Gasteiger partial charge in [0.25, 0.3) is 0 Å². The van der Waals surface area contributed by atoms with Gasteiger partial charge in [0.05, 0.1) is 10.9 Å². The third kappa shape index (κ3) is 2.70. The van der Waals surface area contributed by atoms with E-state index in [4.69, 9.17) is 7.16 Å². The highest BCUT2D eigenvalue weighted by Crippen LogP contribution is 2.36. The number of hydrogen-bond donors (Lipinski definition) is 0. The standard InChI is InChI=1S/C22H23N2O/c1-14(2)11-16-9-10-18(24(4)13-16)20-15(3)12-23-22-21(20)17-7-5-6-8-19(17)25-22/h5-10,12-14H,11H2,1-4H3/q+1/i11D2. The molecule has 3 heterocycles. The van der Waals surface area contributed by atoms with Crippen LogP contribution in [0.4, 0.5) is 0 Å². The number of fused-ring (bicyclic) bond motifs is 3. The first-order chi connectivity index (χ1) is 12.8. The molecule has 0 spiro atoms. The van der Waals surface area contributed by atoms with Crippen molar-refractivity contribution < 1.29 is 11.7 Å². The summed E-state index contributed by atoms with van der Waals surface area (Å²) < 4.78 is 24.7. The van der Waals surface area contributed by atoms with E-state index in [-0.39, 0.29) is 5.92 Å². The second-order valence-corrected chi connectivity index (χ2v) is 6.81. The zero-order chi connectivity index (χ0) is 19.3. The van der Waals surface area contributed by atoms with Gasteiger partial charge in [-0.2, -0.15) is 0 Å². The number of aryl methyl sites for hydroxylation is 2. The molecular formula is C22H23N2O+. The summed E-state index contributed by atoms with van der Waals surface area (Å²) in [7, 11) is 1.96. The SMILES string of the molecule is [2H]C([2H])(c1ccc(-c2c(C)cnc3oc4ccccc4c23)[n+](C)c1)C(C)C. The maximum atomic E-state index is 8.38. The Morgan fingerprint density at radius 3 is 2.76 bits per heavy atom. The summed E-state index contributed by atoms with van der Waals surface area (Å²) in [6, 6.07) is 11.9. The molecule has 0 bridgehead atoms. The lowest BCUT2D eigenvalue weighted by Crippen LogP contribution is -2.31. The normalized spacial score (nSPS) is 13.5. The van der Waals surface area contributed by atoms with Crippen LogP contribution in [0.25, 0.3) is 33.3 Å². The van der Waals surface area contributed by atoms with Crippen LogP contribution in [0, 0.1) is 12.8 Å². The number of rotatable bonds is 3. The minimum atomic E-state index is -1.37. The molecule has 25 heavy (non-hydrogen) atoms. The zero-order valence-electron chi connectivity index (χ0n) is 17.0. The van der Waals surface area contributed by atoms with Gasteiger partial charge in [-0.25, -0.2) is 9.55 Å². The van der Waals surface area contributed by atoms with Crippen LogP contribution in [-0.2, 0) is 13.4 Å². The Bertz CT molecular complexity index is 1160. The molecule has 126 valence electrons. The Kier molecular flexibility index (Phi) is 3.26. The minimum Gasteiger partial charge on any atom is -0.438 e. The van der Waals surface area contributed by atoms with Crippen LogP contribution in [0.15, 0.2) is 53.2 Å². The first kappa shape index (κ1) is 13.6. The van der Waals surface area contributed by atoms with Gasteiger partial charge in [0.15, 0.2) is 6.20 Å². The van der Waals surface area contributed by atoms with Crippen LogP contribution in [0.5, 0.6) is 0 Å². The van der Waals surface area contributed by atoms with Crippen LogP contribution in [0.2, 0.25) is 0 Å². The molecule has 0 aliphatic rings. The Hall–Kier alpha value is -2.68. The first-order valence-corrected chi connectivity index (χ1v) is 8.58. The summed E-state index contributed by atoms with van der Waals surface area (Å²) in [5.41, 5.74) is 5.27. The van der Waals surface area contributed by atoms with E-state index >= 15 is 0 Å². The van der Waals surface area contributed by atoms with Gasteiger partial charge < -0.3 is 4.42 Å². The van der Waals surface area contributed by atoms with Crippen LogP contribution < -0.4 is 4.57 Å².